The first-order chi connectivity index (χ1) is 31.8. The summed E-state index contributed by atoms with van der Waals surface area (Å²) in [5.74, 6) is 0. The molecule has 0 aliphatic heterocycles. The number of para-hydroxylation sites is 2. The number of benzene rings is 10. The molecule has 2 aromatic heterocycles. The second kappa shape index (κ2) is 12.2. The fraction of sp³-hybridized carbons (Fsp3) is 0.0323. The summed E-state index contributed by atoms with van der Waals surface area (Å²) in [6, 6.07) is 79.4. The molecule has 4 aliphatic rings. The lowest BCUT2D eigenvalue weighted by Gasteiger charge is -2.30. The normalized spacial score (nSPS) is 14.5. The molecule has 2 spiro atoms. The van der Waals surface area contributed by atoms with Crippen LogP contribution in [0.25, 0.3) is 88.4 Å². The molecule has 0 amide bonds. The zero-order valence-corrected chi connectivity index (χ0v) is 34.6. The molecule has 2 nitrogen and oxygen atoms in total. The van der Waals surface area contributed by atoms with Crippen molar-refractivity contribution in [2.75, 3.05) is 0 Å². The van der Waals surface area contributed by atoms with E-state index >= 15 is 0 Å². The smallest absolute Gasteiger partial charge is 0.140 e. The van der Waals surface area contributed by atoms with Crippen LogP contribution in [0.15, 0.2) is 227 Å². The summed E-state index contributed by atoms with van der Waals surface area (Å²) in [5, 5.41) is 4.73. The minimum atomic E-state index is -0.369. The van der Waals surface area contributed by atoms with Crippen LogP contribution in [0.5, 0.6) is 0 Å². The van der Waals surface area contributed by atoms with E-state index in [2.05, 4.69) is 212 Å². The molecule has 296 valence electrons. The van der Waals surface area contributed by atoms with E-state index in [4.69, 9.17) is 8.83 Å². The van der Waals surface area contributed by atoms with Crippen molar-refractivity contribution >= 4 is 43.9 Å². The van der Waals surface area contributed by atoms with Crippen LogP contribution in [0.2, 0.25) is 0 Å². The zero-order valence-electron chi connectivity index (χ0n) is 34.6. The molecule has 0 unspecified atom stereocenters. The van der Waals surface area contributed by atoms with Crippen molar-refractivity contribution in [1.82, 2.24) is 0 Å². The van der Waals surface area contributed by atoms with E-state index < -0.39 is 0 Å². The average molecular weight is 813 g/mol. The highest BCUT2D eigenvalue weighted by atomic mass is 16.3. The van der Waals surface area contributed by atoms with E-state index in [0.29, 0.717) is 0 Å². The van der Waals surface area contributed by atoms with Gasteiger partial charge in [-0.2, -0.15) is 0 Å². The molecular weight excluding hydrogens is 777 g/mol. The van der Waals surface area contributed by atoms with Crippen molar-refractivity contribution < 1.29 is 8.83 Å². The molecule has 12 aromatic rings. The fourth-order valence-corrected chi connectivity index (χ4v) is 12.7. The summed E-state index contributed by atoms with van der Waals surface area (Å²) in [6.07, 6.45) is 0. The van der Waals surface area contributed by atoms with Gasteiger partial charge in [-0.1, -0.05) is 188 Å². The summed E-state index contributed by atoms with van der Waals surface area (Å²) in [7, 11) is 0. The van der Waals surface area contributed by atoms with Gasteiger partial charge in [-0.25, -0.2) is 0 Å². The van der Waals surface area contributed by atoms with Crippen molar-refractivity contribution in [3.8, 4) is 44.5 Å². The van der Waals surface area contributed by atoms with Gasteiger partial charge >= 0.3 is 0 Å². The first-order valence-corrected chi connectivity index (χ1v) is 22.3. The Labute approximate surface area is 369 Å². The Kier molecular flexibility index (Phi) is 6.58. The summed E-state index contributed by atoms with van der Waals surface area (Å²) >= 11 is 0. The first-order valence-electron chi connectivity index (χ1n) is 22.3. The van der Waals surface area contributed by atoms with E-state index in [1.165, 1.54) is 111 Å². The van der Waals surface area contributed by atoms with Crippen LogP contribution in [0.3, 0.4) is 0 Å². The molecule has 0 saturated heterocycles. The maximum Gasteiger partial charge on any atom is 0.140 e. The summed E-state index contributed by atoms with van der Waals surface area (Å²) in [6.45, 7) is 0. The largest absolute Gasteiger partial charge is 0.456 e. The second-order valence-electron chi connectivity index (χ2n) is 17.7. The minimum absolute atomic E-state index is 0.300. The van der Waals surface area contributed by atoms with E-state index in [-0.39, 0.29) is 10.8 Å². The molecule has 0 fully saturated rings. The molecular formula is C62H36O2. The van der Waals surface area contributed by atoms with Crippen molar-refractivity contribution in [3.05, 3.63) is 263 Å². The molecule has 10 aromatic carbocycles. The first kappa shape index (κ1) is 34.4. The molecule has 0 atom stereocenters. The topological polar surface area (TPSA) is 26.3 Å². The third-order valence-electron chi connectivity index (χ3n) is 15.0. The van der Waals surface area contributed by atoms with Crippen molar-refractivity contribution in [1.29, 1.82) is 0 Å². The number of rotatable bonds is 0. The summed E-state index contributed by atoms with van der Waals surface area (Å²) < 4.78 is 12.9. The van der Waals surface area contributed by atoms with E-state index in [9.17, 15) is 0 Å². The SMILES string of the molecule is c1ccc2c(c1)-c1ccccc1C21c2ccccc2-c2cc3oc4ccccc4c3cc21.c1ccc2c(c1)-c1ccccc1C21c2ccccc2-c2ccc3c(oc4ccccc43)c21. The lowest BCUT2D eigenvalue weighted by Crippen LogP contribution is -2.26. The van der Waals surface area contributed by atoms with Gasteiger partial charge in [-0.15, -0.1) is 0 Å². The van der Waals surface area contributed by atoms with Crippen LogP contribution in [0.4, 0.5) is 0 Å². The van der Waals surface area contributed by atoms with Gasteiger partial charge in [-0.05, 0) is 114 Å². The van der Waals surface area contributed by atoms with Crippen LogP contribution >= 0.6 is 0 Å². The fourth-order valence-electron chi connectivity index (χ4n) is 12.7. The number of hydrogen-bond acceptors (Lipinski definition) is 2. The number of fused-ring (bicyclic) bond motifs is 27. The standard InChI is InChI=1S/2C31H18O/c1-5-13-25-19(9-1)20-10-2-6-14-26(20)31(25)27-15-7-3-11-21(27)23-18-30-24(17-28(23)31)22-12-4-8-16-29(22)32-30;1-5-13-25-19(9-1)20-10-2-6-14-26(20)31(25)27-15-7-3-11-21(27)23-17-18-24-22-12-4-8-16-28(22)32-30(24)29(23)31/h2*1-18H. The Bertz CT molecular complexity index is 3860. The van der Waals surface area contributed by atoms with Crippen molar-refractivity contribution in [3.63, 3.8) is 0 Å². The lowest BCUT2D eigenvalue weighted by molar-refractivity contribution is 0.652. The van der Waals surface area contributed by atoms with Gasteiger partial charge in [-0.3, -0.25) is 0 Å². The molecule has 0 radical (unpaired) electrons. The van der Waals surface area contributed by atoms with Crippen LogP contribution in [-0.2, 0) is 10.8 Å². The Morgan fingerprint density at radius 1 is 0.234 bits per heavy atom. The molecule has 4 aliphatic carbocycles. The van der Waals surface area contributed by atoms with Gasteiger partial charge < -0.3 is 8.83 Å². The number of hydrogen-bond donors (Lipinski definition) is 0. The van der Waals surface area contributed by atoms with Gasteiger partial charge in [0.15, 0.2) is 0 Å². The van der Waals surface area contributed by atoms with E-state index in [1.807, 2.05) is 6.07 Å². The van der Waals surface area contributed by atoms with E-state index in [1.54, 1.807) is 0 Å². The quantitative estimate of drug-likeness (QED) is 0.152. The van der Waals surface area contributed by atoms with Crippen LogP contribution in [0.1, 0.15) is 44.5 Å². The molecule has 2 heterocycles. The van der Waals surface area contributed by atoms with Gasteiger partial charge in [0.25, 0.3) is 0 Å². The Morgan fingerprint density at radius 3 is 1.14 bits per heavy atom. The third-order valence-corrected chi connectivity index (χ3v) is 15.0. The van der Waals surface area contributed by atoms with Crippen LogP contribution < -0.4 is 0 Å². The predicted octanol–water partition coefficient (Wildman–Crippen LogP) is 15.9. The Morgan fingerprint density at radius 2 is 0.625 bits per heavy atom. The molecule has 0 saturated carbocycles. The van der Waals surface area contributed by atoms with Gasteiger partial charge in [0.2, 0.25) is 0 Å². The molecule has 2 heteroatoms. The lowest BCUT2D eigenvalue weighted by atomic mass is 9.70. The predicted molar refractivity (Wildman–Crippen MR) is 260 cm³/mol. The molecule has 0 bridgehead atoms. The van der Waals surface area contributed by atoms with Crippen LogP contribution in [-0.4, -0.2) is 0 Å². The van der Waals surface area contributed by atoms with Gasteiger partial charge in [0, 0.05) is 27.1 Å². The monoisotopic (exact) mass is 812 g/mol. The average Bonchev–Trinajstić information content (AvgIpc) is 4.19. The third kappa shape index (κ3) is 4.03. The highest BCUT2D eigenvalue weighted by Gasteiger charge is 2.54. The zero-order chi connectivity index (χ0) is 41.7. The molecule has 16 rings (SSSR count). The highest BCUT2D eigenvalue weighted by molar-refractivity contribution is 6.12. The molecule has 64 heavy (non-hydrogen) atoms. The highest BCUT2D eigenvalue weighted by Crippen LogP contribution is 2.65. The maximum atomic E-state index is 6.64. The molecule has 0 N–H and O–H groups in total. The summed E-state index contributed by atoms with van der Waals surface area (Å²) in [5.41, 5.74) is 24.4. The maximum absolute atomic E-state index is 6.64. The number of furan rings is 2. The Hall–Kier alpha value is -8.20. The Balaban J connectivity index is 0.000000119. The summed E-state index contributed by atoms with van der Waals surface area (Å²) in [4.78, 5) is 0. The second-order valence-corrected chi connectivity index (χ2v) is 17.7. The van der Waals surface area contributed by atoms with Crippen molar-refractivity contribution in [2.45, 2.75) is 10.8 Å². The van der Waals surface area contributed by atoms with Gasteiger partial charge in [0.1, 0.15) is 22.3 Å². The minimum Gasteiger partial charge on any atom is -0.456 e. The van der Waals surface area contributed by atoms with E-state index in [0.717, 1.165) is 22.3 Å². The van der Waals surface area contributed by atoms with Crippen LogP contribution in [0, 0.1) is 0 Å². The van der Waals surface area contributed by atoms with Gasteiger partial charge in [0.05, 0.1) is 10.8 Å². The van der Waals surface area contributed by atoms with Crippen molar-refractivity contribution in [2.24, 2.45) is 0 Å².